The fourth-order valence-corrected chi connectivity index (χ4v) is 2.48. The summed E-state index contributed by atoms with van der Waals surface area (Å²) in [5, 5.41) is 0. The van der Waals surface area contributed by atoms with Gasteiger partial charge in [-0.2, -0.15) is 0 Å². The van der Waals surface area contributed by atoms with Crippen LogP contribution in [0.3, 0.4) is 0 Å². The first-order chi connectivity index (χ1) is 11.8. The highest BCUT2D eigenvalue weighted by atomic mass is 19.1. The number of nitrogens with one attached hydrogen (secondary N) is 2. The zero-order chi connectivity index (χ0) is 17.0. The van der Waals surface area contributed by atoms with Crippen LogP contribution in [0.1, 0.15) is 43.7 Å². The summed E-state index contributed by atoms with van der Waals surface area (Å²) >= 11 is 0. The summed E-state index contributed by atoms with van der Waals surface area (Å²) in [6.45, 7) is 3.97. The van der Waals surface area contributed by atoms with Gasteiger partial charge < -0.3 is 10.2 Å². The van der Waals surface area contributed by atoms with Crippen LogP contribution in [-0.4, -0.2) is 6.61 Å². The van der Waals surface area contributed by atoms with Crippen molar-refractivity contribution in [2.45, 2.75) is 45.8 Å². The molecule has 2 aromatic rings. The number of rotatable bonds is 11. The fraction of sp³-hybridized carbons (Fsp3) is 0.400. The number of halogens is 1. The molecule has 0 saturated carbocycles. The predicted molar refractivity (Wildman–Crippen MR) is 97.1 cm³/mol. The van der Waals surface area contributed by atoms with Gasteiger partial charge in [-0.25, -0.2) is 9.82 Å². The molecular weight excluding hydrogens is 303 g/mol. The highest BCUT2D eigenvalue weighted by Gasteiger charge is 2.05. The molecule has 0 heterocycles. The maximum absolute atomic E-state index is 13.5. The monoisotopic (exact) mass is 330 g/mol. The molecule has 0 unspecified atom stereocenters. The maximum Gasteiger partial charge on any atom is 0.123 e. The second kappa shape index (κ2) is 10.8. The van der Waals surface area contributed by atoms with Crippen LogP contribution in [0.25, 0.3) is 0 Å². The van der Waals surface area contributed by atoms with E-state index in [9.17, 15) is 4.39 Å². The van der Waals surface area contributed by atoms with Gasteiger partial charge in [-0.3, -0.25) is 0 Å². The van der Waals surface area contributed by atoms with Crippen molar-refractivity contribution >= 4 is 5.69 Å². The standard InChI is InChI=1S/C20H27FN2O/c1-2-3-4-8-13-24-16-18-14-19(21)12-11-17(18)15-22-23-20-9-6-5-7-10-20/h5-7,9-12,14,22-23H,2-4,8,13,15-16H2,1H3. The van der Waals surface area contributed by atoms with Gasteiger partial charge in [0.2, 0.25) is 0 Å². The van der Waals surface area contributed by atoms with E-state index in [0.717, 1.165) is 29.8 Å². The summed E-state index contributed by atoms with van der Waals surface area (Å²) in [5.74, 6) is -0.223. The summed E-state index contributed by atoms with van der Waals surface area (Å²) < 4.78 is 19.2. The highest BCUT2D eigenvalue weighted by Crippen LogP contribution is 2.14. The van der Waals surface area contributed by atoms with Crippen LogP contribution in [0.15, 0.2) is 48.5 Å². The molecule has 0 spiro atoms. The van der Waals surface area contributed by atoms with E-state index >= 15 is 0 Å². The Hall–Kier alpha value is -1.91. The average Bonchev–Trinajstić information content (AvgIpc) is 2.60. The lowest BCUT2D eigenvalue weighted by atomic mass is 10.1. The van der Waals surface area contributed by atoms with E-state index in [2.05, 4.69) is 17.8 Å². The third-order valence-electron chi connectivity index (χ3n) is 3.85. The second-order valence-corrected chi connectivity index (χ2v) is 5.87. The molecule has 0 radical (unpaired) electrons. The number of unbranched alkanes of at least 4 members (excludes halogenated alkanes) is 3. The van der Waals surface area contributed by atoms with E-state index in [1.165, 1.54) is 25.3 Å². The Morgan fingerprint density at radius 2 is 1.79 bits per heavy atom. The quantitative estimate of drug-likeness (QED) is 0.447. The average molecular weight is 330 g/mol. The third-order valence-corrected chi connectivity index (χ3v) is 3.85. The normalized spacial score (nSPS) is 10.8. The smallest absolute Gasteiger partial charge is 0.123 e. The van der Waals surface area contributed by atoms with E-state index in [1.54, 1.807) is 6.07 Å². The molecule has 0 amide bonds. The summed E-state index contributed by atoms with van der Waals surface area (Å²) in [5.41, 5.74) is 9.23. The molecule has 0 aliphatic rings. The zero-order valence-corrected chi connectivity index (χ0v) is 14.4. The molecule has 24 heavy (non-hydrogen) atoms. The molecule has 2 N–H and O–H groups in total. The lowest BCUT2D eigenvalue weighted by Gasteiger charge is -2.13. The molecule has 4 heteroatoms. The van der Waals surface area contributed by atoms with Gasteiger partial charge in [-0.05, 0) is 41.8 Å². The molecule has 0 saturated heterocycles. The Labute approximate surface area is 144 Å². The molecule has 0 bridgehead atoms. The lowest BCUT2D eigenvalue weighted by molar-refractivity contribution is 0.116. The number of ether oxygens (including phenoxy) is 1. The maximum atomic E-state index is 13.5. The molecule has 130 valence electrons. The Bertz CT molecular complexity index is 589. The van der Waals surface area contributed by atoms with Crippen molar-refractivity contribution in [3.63, 3.8) is 0 Å². The van der Waals surface area contributed by atoms with Crippen molar-refractivity contribution in [2.75, 3.05) is 12.0 Å². The van der Waals surface area contributed by atoms with Crippen molar-refractivity contribution in [1.82, 2.24) is 5.43 Å². The van der Waals surface area contributed by atoms with Crippen LogP contribution in [0, 0.1) is 5.82 Å². The number of anilines is 1. The van der Waals surface area contributed by atoms with Gasteiger partial charge >= 0.3 is 0 Å². The number of benzene rings is 2. The molecule has 2 aromatic carbocycles. The van der Waals surface area contributed by atoms with Gasteiger partial charge in [0.1, 0.15) is 5.82 Å². The molecule has 0 fully saturated rings. The zero-order valence-electron chi connectivity index (χ0n) is 14.4. The SMILES string of the molecule is CCCCCCOCc1cc(F)ccc1CNNc1ccccc1. The predicted octanol–water partition coefficient (Wildman–Crippen LogP) is 5.04. The highest BCUT2D eigenvalue weighted by molar-refractivity contribution is 5.41. The molecule has 2 rings (SSSR count). The molecular formula is C20H27FN2O. The van der Waals surface area contributed by atoms with Gasteiger partial charge in [-0.15, -0.1) is 0 Å². The van der Waals surface area contributed by atoms with Gasteiger partial charge in [0.05, 0.1) is 6.61 Å². The first kappa shape index (κ1) is 18.4. The summed E-state index contributed by atoms with van der Waals surface area (Å²) in [7, 11) is 0. The van der Waals surface area contributed by atoms with Crippen molar-refractivity contribution in [3.05, 3.63) is 65.5 Å². The van der Waals surface area contributed by atoms with E-state index in [-0.39, 0.29) is 5.82 Å². The van der Waals surface area contributed by atoms with Crippen LogP contribution >= 0.6 is 0 Å². The lowest BCUT2D eigenvalue weighted by Crippen LogP contribution is -2.21. The van der Waals surface area contributed by atoms with Crippen LogP contribution in [-0.2, 0) is 17.9 Å². The van der Waals surface area contributed by atoms with E-state index in [4.69, 9.17) is 4.74 Å². The molecule has 0 aliphatic heterocycles. The van der Waals surface area contributed by atoms with E-state index in [1.807, 2.05) is 36.4 Å². The summed E-state index contributed by atoms with van der Waals surface area (Å²) in [6, 6.07) is 14.7. The number of hydrogen-bond acceptors (Lipinski definition) is 3. The van der Waals surface area contributed by atoms with Crippen molar-refractivity contribution in [1.29, 1.82) is 0 Å². The fourth-order valence-electron chi connectivity index (χ4n) is 2.48. The second-order valence-electron chi connectivity index (χ2n) is 5.87. The third kappa shape index (κ3) is 6.69. The van der Waals surface area contributed by atoms with Crippen molar-refractivity contribution < 1.29 is 9.13 Å². The Morgan fingerprint density at radius 3 is 2.58 bits per heavy atom. The minimum absolute atomic E-state index is 0.223. The van der Waals surface area contributed by atoms with Crippen LogP contribution < -0.4 is 10.9 Å². The van der Waals surface area contributed by atoms with E-state index in [0.29, 0.717) is 13.2 Å². The number of hydrazine groups is 1. The molecule has 3 nitrogen and oxygen atoms in total. The Morgan fingerprint density at radius 1 is 0.958 bits per heavy atom. The number of para-hydroxylation sites is 1. The van der Waals surface area contributed by atoms with Gasteiger partial charge in [0.25, 0.3) is 0 Å². The Kier molecular flexibility index (Phi) is 8.28. The van der Waals surface area contributed by atoms with Gasteiger partial charge in [0, 0.05) is 18.8 Å². The molecule has 0 aliphatic carbocycles. The Balaban J connectivity index is 1.80. The first-order valence-corrected chi connectivity index (χ1v) is 8.68. The molecule has 0 atom stereocenters. The van der Waals surface area contributed by atoms with Crippen molar-refractivity contribution in [3.8, 4) is 0 Å². The summed E-state index contributed by atoms with van der Waals surface area (Å²) in [4.78, 5) is 0. The van der Waals surface area contributed by atoms with Crippen LogP contribution in [0.2, 0.25) is 0 Å². The molecule has 0 aromatic heterocycles. The van der Waals surface area contributed by atoms with Gasteiger partial charge in [-0.1, -0.05) is 50.5 Å². The minimum Gasteiger partial charge on any atom is -0.377 e. The topological polar surface area (TPSA) is 33.3 Å². The minimum atomic E-state index is -0.223. The van der Waals surface area contributed by atoms with Crippen molar-refractivity contribution in [2.24, 2.45) is 0 Å². The van der Waals surface area contributed by atoms with Crippen LogP contribution in [0.4, 0.5) is 10.1 Å². The first-order valence-electron chi connectivity index (χ1n) is 8.68. The number of hydrogen-bond donors (Lipinski definition) is 2. The van der Waals surface area contributed by atoms with Crippen LogP contribution in [0.5, 0.6) is 0 Å². The van der Waals surface area contributed by atoms with Gasteiger partial charge in [0.15, 0.2) is 0 Å². The summed E-state index contributed by atoms with van der Waals surface area (Å²) in [6.07, 6.45) is 4.71. The largest absolute Gasteiger partial charge is 0.377 e. The van der Waals surface area contributed by atoms with E-state index < -0.39 is 0 Å².